The Balaban J connectivity index is 1.63. The van der Waals surface area contributed by atoms with Crippen molar-refractivity contribution in [3.8, 4) is 11.5 Å². The van der Waals surface area contributed by atoms with Gasteiger partial charge in [0.2, 0.25) is 0 Å². The zero-order valence-electron chi connectivity index (χ0n) is 15.1. The number of esters is 1. The first-order chi connectivity index (χ1) is 13.5. The fraction of sp³-hybridized carbons (Fsp3) is 0.0435. The molecular formula is C23H17FO4. The lowest BCUT2D eigenvalue weighted by Gasteiger charge is -2.04. The highest BCUT2D eigenvalue weighted by atomic mass is 19.1. The van der Waals surface area contributed by atoms with Gasteiger partial charge in [-0.3, -0.25) is 4.79 Å². The van der Waals surface area contributed by atoms with Gasteiger partial charge in [0.1, 0.15) is 17.3 Å². The number of ether oxygens (including phenoxy) is 2. The van der Waals surface area contributed by atoms with Gasteiger partial charge in [0.05, 0.1) is 7.11 Å². The van der Waals surface area contributed by atoms with Gasteiger partial charge in [0, 0.05) is 17.2 Å². The quantitative estimate of drug-likeness (QED) is 0.271. The number of hydrogen-bond donors (Lipinski definition) is 0. The van der Waals surface area contributed by atoms with Crippen molar-refractivity contribution in [1.29, 1.82) is 0 Å². The second-order valence-corrected chi connectivity index (χ2v) is 5.89. The van der Waals surface area contributed by atoms with E-state index in [1.807, 2.05) is 18.2 Å². The van der Waals surface area contributed by atoms with Crippen LogP contribution in [0.5, 0.6) is 11.5 Å². The van der Waals surface area contributed by atoms with E-state index in [2.05, 4.69) is 0 Å². The monoisotopic (exact) mass is 376 g/mol. The average Bonchev–Trinajstić information content (AvgIpc) is 2.73. The molecule has 0 aliphatic rings. The van der Waals surface area contributed by atoms with Crippen molar-refractivity contribution >= 4 is 17.8 Å². The van der Waals surface area contributed by atoms with E-state index in [0.717, 1.165) is 5.56 Å². The Morgan fingerprint density at radius 2 is 1.50 bits per heavy atom. The van der Waals surface area contributed by atoms with Crippen LogP contribution in [-0.2, 0) is 4.79 Å². The zero-order chi connectivity index (χ0) is 19.9. The molecule has 0 aromatic heterocycles. The molecule has 0 aliphatic heterocycles. The van der Waals surface area contributed by atoms with Gasteiger partial charge in [-0.1, -0.05) is 12.1 Å². The van der Waals surface area contributed by atoms with Crippen LogP contribution < -0.4 is 9.47 Å². The van der Waals surface area contributed by atoms with E-state index in [1.54, 1.807) is 31.4 Å². The molecule has 0 atom stereocenters. The fourth-order valence-electron chi connectivity index (χ4n) is 2.50. The van der Waals surface area contributed by atoms with E-state index in [0.29, 0.717) is 22.6 Å². The molecule has 3 aromatic rings. The molecule has 28 heavy (non-hydrogen) atoms. The Morgan fingerprint density at radius 1 is 0.857 bits per heavy atom. The van der Waals surface area contributed by atoms with Crippen molar-refractivity contribution in [2.45, 2.75) is 0 Å². The van der Waals surface area contributed by atoms with Gasteiger partial charge < -0.3 is 9.47 Å². The second-order valence-electron chi connectivity index (χ2n) is 5.89. The highest BCUT2D eigenvalue weighted by Gasteiger charge is 2.10. The summed E-state index contributed by atoms with van der Waals surface area (Å²) < 4.78 is 23.3. The van der Waals surface area contributed by atoms with Crippen LogP contribution in [0.4, 0.5) is 4.39 Å². The molecule has 0 unspecified atom stereocenters. The SMILES string of the molecule is COc1cccc(/C=C/C(=O)Oc2ccc(C(=O)c3ccc(F)cc3)cc2)c1. The molecule has 0 saturated carbocycles. The minimum atomic E-state index is -0.541. The standard InChI is InChI=1S/C23H17FO4/c1-27-21-4-2-3-16(15-21)5-14-22(25)28-20-12-8-18(9-13-20)23(26)17-6-10-19(24)11-7-17/h2-15H,1H3/b14-5+. The summed E-state index contributed by atoms with van der Waals surface area (Å²) in [5.74, 6) is -0.176. The number of benzene rings is 3. The molecule has 0 bridgehead atoms. The minimum absolute atomic E-state index is 0.240. The van der Waals surface area contributed by atoms with Crippen LogP contribution in [0.2, 0.25) is 0 Å². The van der Waals surface area contributed by atoms with Crippen molar-refractivity contribution in [2.75, 3.05) is 7.11 Å². The molecule has 3 rings (SSSR count). The number of rotatable bonds is 6. The third kappa shape index (κ3) is 4.92. The summed E-state index contributed by atoms with van der Waals surface area (Å²) in [6, 6.07) is 18.8. The molecule has 3 aromatic carbocycles. The van der Waals surface area contributed by atoms with Crippen molar-refractivity contribution in [3.05, 3.63) is 101 Å². The third-order valence-electron chi connectivity index (χ3n) is 3.95. The normalized spacial score (nSPS) is 10.6. The van der Waals surface area contributed by atoms with Crippen LogP contribution in [0.3, 0.4) is 0 Å². The summed E-state index contributed by atoms with van der Waals surface area (Å²) in [4.78, 5) is 24.3. The van der Waals surface area contributed by atoms with Crippen LogP contribution in [0, 0.1) is 5.82 Å². The van der Waals surface area contributed by atoms with Gasteiger partial charge in [0.25, 0.3) is 0 Å². The van der Waals surface area contributed by atoms with E-state index >= 15 is 0 Å². The smallest absolute Gasteiger partial charge is 0.336 e. The van der Waals surface area contributed by atoms with Gasteiger partial charge in [0.15, 0.2) is 5.78 Å². The van der Waals surface area contributed by atoms with Crippen LogP contribution >= 0.6 is 0 Å². The molecule has 0 heterocycles. The van der Waals surface area contributed by atoms with E-state index in [9.17, 15) is 14.0 Å². The summed E-state index contributed by atoms with van der Waals surface area (Å²) in [6.45, 7) is 0. The molecule has 0 radical (unpaired) electrons. The number of ketones is 1. The molecule has 4 nitrogen and oxygen atoms in total. The number of hydrogen-bond acceptors (Lipinski definition) is 4. The number of halogens is 1. The number of carbonyl (C=O) groups is 2. The first-order valence-electron chi connectivity index (χ1n) is 8.49. The van der Waals surface area contributed by atoms with Crippen molar-refractivity contribution in [1.82, 2.24) is 0 Å². The van der Waals surface area contributed by atoms with Crippen LogP contribution in [-0.4, -0.2) is 18.9 Å². The highest BCUT2D eigenvalue weighted by Crippen LogP contribution is 2.17. The summed E-state index contributed by atoms with van der Waals surface area (Å²) in [5, 5.41) is 0. The van der Waals surface area contributed by atoms with Crippen LogP contribution in [0.25, 0.3) is 6.08 Å². The Bertz CT molecular complexity index is 1010. The van der Waals surface area contributed by atoms with Gasteiger partial charge in [-0.15, -0.1) is 0 Å². The third-order valence-corrected chi connectivity index (χ3v) is 3.95. The van der Waals surface area contributed by atoms with Crippen LogP contribution in [0.1, 0.15) is 21.5 Å². The fourth-order valence-corrected chi connectivity index (χ4v) is 2.50. The Hall–Kier alpha value is -3.73. The Kier molecular flexibility index (Phi) is 5.97. The maximum Gasteiger partial charge on any atom is 0.336 e. The lowest BCUT2D eigenvalue weighted by atomic mass is 10.0. The van der Waals surface area contributed by atoms with E-state index < -0.39 is 11.8 Å². The molecule has 5 heteroatoms. The van der Waals surface area contributed by atoms with E-state index in [-0.39, 0.29) is 5.78 Å². The minimum Gasteiger partial charge on any atom is -0.497 e. The number of methoxy groups -OCH3 is 1. The molecule has 0 N–H and O–H groups in total. The molecule has 140 valence electrons. The van der Waals surface area contributed by atoms with E-state index in [1.165, 1.54) is 42.5 Å². The maximum atomic E-state index is 13.0. The predicted octanol–water partition coefficient (Wildman–Crippen LogP) is 4.68. The maximum absolute atomic E-state index is 13.0. The summed E-state index contributed by atoms with van der Waals surface area (Å²) in [6.07, 6.45) is 2.93. The van der Waals surface area contributed by atoms with Gasteiger partial charge in [-0.25, -0.2) is 9.18 Å². The molecule has 0 fully saturated rings. The topological polar surface area (TPSA) is 52.6 Å². The molecule has 0 aliphatic carbocycles. The van der Waals surface area contributed by atoms with Crippen molar-refractivity contribution < 1.29 is 23.5 Å². The second kappa shape index (κ2) is 8.77. The van der Waals surface area contributed by atoms with Crippen molar-refractivity contribution in [2.24, 2.45) is 0 Å². The van der Waals surface area contributed by atoms with Crippen molar-refractivity contribution in [3.63, 3.8) is 0 Å². The van der Waals surface area contributed by atoms with Gasteiger partial charge >= 0.3 is 5.97 Å². The average molecular weight is 376 g/mol. The van der Waals surface area contributed by atoms with Gasteiger partial charge in [-0.05, 0) is 72.3 Å². The van der Waals surface area contributed by atoms with E-state index in [4.69, 9.17) is 9.47 Å². The summed E-state index contributed by atoms with van der Waals surface area (Å²) in [5.41, 5.74) is 1.60. The predicted molar refractivity (Wildman–Crippen MR) is 104 cm³/mol. The first-order valence-corrected chi connectivity index (χ1v) is 8.49. The van der Waals surface area contributed by atoms with Gasteiger partial charge in [-0.2, -0.15) is 0 Å². The largest absolute Gasteiger partial charge is 0.497 e. The summed E-state index contributed by atoms with van der Waals surface area (Å²) >= 11 is 0. The Labute approximate surface area is 161 Å². The zero-order valence-corrected chi connectivity index (χ0v) is 15.1. The molecular weight excluding hydrogens is 359 g/mol. The van der Waals surface area contributed by atoms with Crippen LogP contribution in [0.15, 0.2) is 78.9 Å². The highest BCUT2D eigenvalue weighted by molar-refractivity contribution is 6.09. The lowest BCUT2D eigenvalue weighted by Crippen LogP contribution is -2.05. The Morgan fingerprint density at radius 3 is 2.14 bits per heavy atom. The molecule has 0 amide bonds. The number of carbonyl (C=O) groups excluding carboxylic acids is 2. The first kappa shape index (κ1) is 19.0. The lowest BCUT2D eigenvalue weighted by molar-refractivity contribution is -0.128. The molecule has 0 saturated heterocycles. The molecule has 0 spiro atoms. The summed E-state index contributed by atoms with van der Waals surface area (Å²) in [7, 11) is 1.57.